The van der Waals surface area contributed by atoms with E-state index in [9.17, 15) is 4.79 Å². The van der Waals surface area contributed by atoms with Gasteiger partial charge >= 0.3 is 0 Å². The van der Waals surface area contributed by atoms with Gasteiger partial charge in [-0.1, -0.05) is 49.4 Å². The first-order valence-electron chi connectivity index (χ1n) is 8.30. The van der Waals surface area contributed by atoms with Crippen LogP contribution >= 0.6 is 0 Å². The predicted octanol–water partition coefficient (Wildman–Crippen LogP) is 4.64. The van der Waals surface area contributed by atoms with Crippen LogP contribution in [0.25, 0.3) is 10.8 Å². The maximum Gasteiger partial charge on any atom is 0.265 e. The second-order valence-corrected chi connectivity index (χ2v) is 5.71. The van der Waals surface area contributed by atoms with Crippen LogP contribution in [-0.4, -0.2) is 19.1 Å². The molecule has 0 saturated carbocycles. The largest absolute Gasteiger partial charge is 0.497 e. The smallest absolute Gasteiger partial charge is 0.265 e. The summed E-state index contributed by atoms with van der Waals surface area (Å²) >= 11 is 0. The van der Waals surface area contributed by atoms with Crippen molar-refractivity contribution in [2.75, 3.05) is 12.4 Å². The molecule has 1 N–H and O–H groups in total. The highest BCUT2D eigenvalue weighted by Crippen LogP contribution is 2.27. The highest BCUT2D eigenvalue weighted by molar-refractivity contribution is 5.95. The highest BCUT2D eigenvalue weighted by Gasteiger charge is 2.19. The van der Waals surface area contributed by atoms with Gasteiger partial charge in [0, 0.05) is 17.1 Å². The van der Waals surface area contributed by atoms with E-state index in [-0.39, 0.29) is 5.91 Å². The molecular formula is C21H21NO3. The molecule has 4 heteroatoms. The Hall–Kier alpha value is -3.01. The monoisotopic (exact) mass is 335 g/mol. The number of anilines is 1. The lowest BCUT2D eigenvalue weighted by Crippen LogP contribution is -2.32. The summed E-state index contributed by atoms with van der Waals surface area (Å²) in [6.07, 6.45) is -0.00374. The molecule has 128 valence electrons. The quantitative estimate of drug-likeness (QED) is 0.713. The van der Waals surface area contributed by atoms with Crippen LogP contribution < -0.4 is 14.8 Å². The van der Waals surface area contributed by atoms with Crippen molar-refractivity contribution in [3.8, 4) is 11.5 Å². The summed E-state index contributed by atoms with van der Waals surface area (Å²) in [4.78, 5) is 12.6. The van der Waals surface area contributed by atoms with Crippen molar-refractivity contribution in [3.05, 3.63) is 66.7 Å². The van der Waals surface area contributed by atoms with E-state index in [0.717, 1.165) is 10.8 Å². The molecule has 0 aromatic heterocycles. The third kappa shape index (κ3) is 3.91. The number of methoxy groups -OCH3 is 1. The number of hydrogen-bond donors (Lipinski definition) is 1. The van der Waals surface area contributed by atoms with Gasteiger partial charge in [-0.25, -0.2) is 0 Å². The molecule has 4 nitrogen and oxygen atoms in total. The normalized spacial score (nSPS) is 11.8. The van der Waals surface area contributed by atoms with Gasteiger partial charge < -0.3 is 14.8 Å². The van der Waals surface area contributed by atoms with Crippen LogP contribution in [0.5, 0.6) is 11.5 Å². The number of carbonyl (C=O) groups is 1. The lowest BCUT2D eigenvalue weighted by atomic mass is 10.1. The van der Waals surface area contributed by atoms with Crippen molar-refractivity contribution in [1.82, 2.24) is 0 Å². The van der Waals surface area contributed by atoms with E-state index in [2.05, 4.69) is 5.32 Å². The third-order valence-electron chi connectivity index (χ3n) is 4.02. The summed E-state index contributed by atoms with van der Waals surface area (Å²) in [5, 5.41) is 4.98. The number of benzene rings is 3. The number of ether oxygens (including phenoxy) is 2. The second kappa shape index (κ2) is 7.71. The van der Waals surface area contributed by atoms with Crippen molar-refractivity contribution < 1.29 is 14.3 Å². The molecule has 0 bridgehead atoms. The van der Waals surface area contributed by atoms with E-state index >= 15 is 0 Å². The van der Waals surface area contributed by atoms with Gasteiger partial charge in [0.05, 0.1) is 7.11 Å². The SMILES string of the molecule is CC[C@H](Oc1cccc2ccccc12)C(=O)Nc1cccc(OC)c1. The zero-order chi connectivity index (χ0) is 17.6. The van der Waals surface area contributed by atoms with Crippen LogP contribution in [0.2, 0.25) is 0 Å². The highest BCUT2D eigenvalue weighted by atomic mass is 16.5. The molecule has 0 saturated heterocycles. The molecule has 3 aromatic carbocycles. The van der Waals surface area contributed by atoms with E-state index in [0.29, 0.717) is 23.6 Å². The molecule has 0 aliphatic heterocycles. The summed E-state index contributed by atoms with van der Waals surface area (Å²) in [6.45, 7) is 1.93. The predicted molar refractivity (Wildman–Crippen MR) is 100 cm³/mol. The van der Waals surface area contributed by atoms with Crippen molar-refractivity contribution >= 4 is 22.4 Å². The van der Waals surface area contributed by atoms with Gasteiger partial charge in [-0.15, -0.1) is 0 Å². The molecule has 0 aliphatic carbocycles. The Bertz CT molecular complexity index is 870. The molecule has 1 atom stereocenters. The first-order valence-corrected chi connectivity index (χ1v) is 8.30. The number of carbonyl (C=O) groups excluding carboxylic acids is 1. The average Bonchev–Trinajstić information content (AvgIpc) is 2.66. The van der Waals surface area contributed by atoms with E-state index in [1.807, 2.05) is 67.6 Å². The Morgan fingerprint density at radius 2 is 1.80 bits per heavy atom. The summed E-state index contributed by atoms with van der Waals surface area (Å²) in [7, 11) is 1.60. The minimum absolute atomic E-state index is 0.177. The third-order valence-corrected chi connectivity index (χ3v) is 4.02. The van der Waals surface area contributed by atoms with Gasteiger partial charge in [0.25, 0.3) is 5.91 Å². The van der Waals surface area contributed by atoms with Crippen LogP contribution in [0.1, 0.15) is 13.3 Å². The lowest BCUT2D eigenvalue weighted by Gasteiger charge is -2.18. The number of nitrogens with one attached hydrogen (secondary N) is 1. The Morgan fingerprint density at radius 1 is 1.04 bits per heavy atom. The standard InChI is InChI=1S/C21H21NO3/c1-3-19(21(23)22-16-10-7-11-17(14-16)24-2)25-20-13-6-9-15-8-4-5-12-18(15)20/h4-14,19H,3H2,1-2H3,(H,22,23)/t19-/m0/s1. The zero-order valence-corrected chi connectivity index (χ0v) is 14.4. The van der Waals surface area contributed by atoms with E-state index in [1.54, 1.807) is 13.2 Å². The number of amides is 1. The Balaban J connectivity index is 1.78. The van der Waals surface area contributed by atoms with Gasteiger partial charge in [0.2, 0.25) is 0 Å². The molecular weight excluding hydrogens is 314 g/mol. The minimum Gasteiger partial charge on any atom is -0.497 e. The van der Waals surface area contributed by atoms with Crippen LogP contribution in [0.3, 0.4) is 0 Å². The van der Waals surface area contributed by atoms with Gasteiger partial charge in [-0.2, -0.15) is 0 Å². The van der Waals surface area contributed by atoms with Crippen LogP contribution in [0.15, 0.2) is 66.7 Å². The summed E-state index contributed by atoms with van der Waals surface area (Å²) < 4.78 is 11.2. The zero-order valence-electron chi connectivity index (χ0n) is 14.4. The van der Waals surface area contributed by atoms with Gasteiger partial charge in [0.1, 0.15) is 11.5 Å². The fourth-order valence-corrected chi connectivity index (χ4v) is 2.70. The average molecular weight is 335 g/mol. The van der Waals surface area contributed by atoms with Gasteiger partial charge in [-0.05, 0) is 30.0 Å². The molecule has 0 unspecified atom stereocenters. The van der Waals surface area contributed by atoms with Crippen molar-refractivity contribution in [1.29, 1.82) is 0 Å². The van der Waals surface area contributed by atoms with Crippen molar-refractivity contribution in [3.63, 3.8) is 0 Å². The molecule has 0 radical (unpaired) electrons. The molecule has 3 rings (SSSR count). The fourth-order valence-electron chi connectivity index (χ4n) is 2.70. The Kier molecular flexibility index (Phi) is 5.19. The topological polar surface area (TPSA) is 47.6 Å². The lowest BCUT2D eigenvalue weighted by molar-refractivity contribution is -0.122. The fraction of sp³-hybridized carbons (Fsp3) is 0.190. The van der Waals surface area contributed by atoms with Crippen LogP contribution in [0, 0.1) is 0 Å². The van der Waals surface area contributed by atoms with Crippen molar-refractivity contribution in [2.24, 2.45) is 0 Å². The summed E-state index contributed by atoms with van der Waals surface area (Å²) in [6, 6.07) is 21.1. The Labute approximate surface area is 147 Å². The summed E-state index contributed by atoms with van der Waals surface area (Å²) in [5.41, 5.74) is 0.685. The van der Waals surface area contributed by atoms with Crippen LogP contribution in [0.4, 0.5) is 5.69 Å². The number of hydrogen-bond acceptors (Lipinski definition) is 3. The molecule has 3 aromatic rings. The molecule has 0 spiro atoms. The first kappa shape index (κ1) is 16.8. The molecule has 0 fully saturated rings. The molecule has 0 aliphatic rings. The minimum atomic E-state index is -0.572. The second-order valence-electron chi connectivity index (χ2n) is 5.71. The number of fused-ring (bicyclic) bond motifs is 1. The molecule has 25 heavy (non-hydrogen) atoms. The Morgan fingerprint density at radius 3 is 2.60 bits per heavy atom. The molecule has 0 heterocycles. The van der Waals surface area contributed by atoms with E-state index < -0.39 is 6.10 Å². The van der Waals surface area contributed by atoms with Gasteiger partial charge in [-0.3, -0.25) is 4.79 Å². The van der Waals surface area contributed by atoms with Crippen LogP contribution in [-0.2, 0) is 4.79 Å². The molecule has 1 amide bonds. The van der Waals surface area contributed by atoms with E-state index in [1.165, 1.54) is 0 Å². The first-order chi connectivity index (χ1) is 12.2. The number of rotatable bonds is 6. The maximum absolute atomic E-state index is 12.6. The summed E-state index contributed by atoms with van der Waals surface area (Å²) in [5.74, 6) is 1.23. The maximum atomic E-state index is 12.6. The van der Waals surface area contributed by atoms with E-state index in [4.69, 9.17) is 9.47 Å². The van der Waals surface area contributed by atoms with Crippen molar-refractivity contribution in [2.45, 2.75) is 19.4 Å². The van der Waals surface area contributed by atoms with Gasteiger partial charge in [0.15, 0.2) is 6.10 Å².